The molecule has 0 spiro atoms. The maximum atomic E-state index is 12.8. The Morgan fingerprint density at radius 3 is 2.00 bits per heavy atom. The van der Waals surface area contributed by atoms with Gasteiger partial charge in [-0.15, -0.1) is 0 Å². The highest BCUT2D eigenvalue weighted by atomic mass is 16.5. The van der Waals surface area contributed by atoms with Crippen molar-refractivity contribution in [1.29, 1.82) is 0 Å². The van der Waals surface area contributed by atoms with Gasteiger partial charge in [-0.25, -0.2) is 9.78 Å². The van der Waals surface area contributed by atoms with Crippen molar-refractivity contribution in [3.05, 3.63) is 27.2 Å². The number of unbranched alkanes of at least 4 members (excludes halogenated alkanes) is 15. The third-order valence-corrected chi connectivity index (χ3v) is 8.39. The molecule has 1 fully saturated rings. The molecule has 0 amide bonds. The highest BCUT2D eigenvalue weighted by Crippen LogP contribution is 2.18. The molecular weight excluding hydrogens is 490 g/mol. The van der Waals surface area contributed by atoms with Crippen LogP contribution in [0.1, 0.15) is 122 Å². The molecule has 1 atom stereocenters. The first-order chi connectivity index (χ1) is 19.0. The molecule has 222 valence electrons. The van der Waals surface area contributed by atoms with Crippen LogP contribution in [0, 0.1) is 0 Å². The quantitative estimate of drug-likeness (QED) is 0.176. The first kappa shape index (κ1) is 31.6. The topological polar surface area (TPSA) is 74.3 Å². The van der Waals surface area contributed by atoms with Crippen molar-refractivity contribution in [1.82, 2.24) is 23.6 Å². The first-order valence-electron chi connectivity index (χ1n) is 16.0. The third-order valence-electron chi connectivity index (χ3n) is 8.39. The highest BCUT2D eigenvalue weighted by molar-refractivity contribution is 5.69. The number of rotatable bonds is 21. The second kappa shape index (κ2) is 17.7. The molecule has 8 heteroatoms. The average molecular weight is 546 g/mol. The van der Waals surface area contributed by atoms with Gasteiger partial charge in [-0.05, 0) is 19.3 Å². The molecule has 2 aromatic heterocycles. The summed E-state index contributed by atoms with van der Waals surface area (Å²) in [6.07, 6.45) is 25.1. The predicted octanol–water partition coefficient (Wildman–Crippen LogP) is 6.13. The summed E-state index contributed by atoms with van der Waals surface area (Å²) in [7, 11) is 3.47. The minimum absolute atomic E-state index is 0.232. The van der Waals surface area contributed by atoms with Gasteiger partial charge in [0.15, 0.2) is 11.2 Å². The molecule has 0 aliphatic carbocycles. The molecule has 2 aromatic rings. The van der Waals surface area contributed by atoms with E-state index in [1.165, 1.54) is 112 Å². The smallest absolute Gasteiger partial charge is 0.332 e. The number of aryl methyl sites for hydroxylation is 2. The summed E-state index contributed by atoms with van der Waals surface area (Å²) < 4.78 is 10.6. The number of fused-ring (bicyclic) bond motifs is 1. The zero-order valence-corrected chi connectivity index (χ0v) is 25.2. The van der Waals surface area contributed by atoms with E-state index in [4.69, 9.17) is 4.74 Å². The Morgan fingerprint density at radius 1 is 0.795 bits per heavy atom. The summed E-state index contributed by atoms with van der Waals surface area (Å²) in [5.74, 6) is 0. The lowest BCUT2D eigenvalue weighted by Crippen LogP contribution is -2.39. The van der Waals surface area contributed by atoms with Crippen molar-refractivity contribution in [2.45, 2.75) is 135 Å². The van der Waals surface area contributed by atoms with E-state index < -0.39 is 0 Å². The Balaban J connectivity index is 1.15. The fourth-order valence-corrected chi connectivity index (χ4v) is 5.88. The Hall–Kier alpha value is -1.93. The summed E-state index contributed by atoms with van der Waals surface area (Å²) in [5, 5.41) is 0. The van der Waals surface area contributed by atoms with E-state index in [0.717, 1.165) is 32.5 Å². The number of ether oxygens (including phenoxy) is 1. The van der Waals surface area contributed by atoms with E-state index in [0.29, 0.717) is 23.8 Å². The number of imidazole rings is 1. The summed E-state index contributed by atoms with van der Waals surface area (Å²) >= 11 is 0. The van der Waals surface area contributed by atoms with Crippen LogP contribution >= 0.6 is 0 Å². The zero-order valence-electron chi connectivity index (χ0n) is 25.2. The molecule has 0 bridgehead atoms. The maximum absolute atomic E-state index is 12.8. The summed E-state index contributed by atoms with van der Waals surface area (Å²) in [5.41, 5.74) is 0.436. The van der Waals surface area contributed by atoms with Crippen LogP contribution in [0.25, 0.3) is 11.2 Å². The second-order valence-corrected chi connectivity index (χ2v) is 11.8. The van der Waals surface area contributed by atoms with E-state index in [1.54, 1.807) is 25.0 Å². The summed E-state index contributed by atoms with van der Waals surface area (Å²) in [6.45, 7) is 5.88. The van der Waals surface area contributed by atoms with Gasteiger partial charge in [-0.3, -0.25) is 18.8 Å². The van der Waals surface area contributed by atoms with E-state index in [2.05, 4.69) is 16.8 Å². The molecule has 1 aliphatic heterocycles. The van der Waals surface area contributed by atoms with Crippen LogP contribution in [0.15, 0.2) is 15.9 Å². The molecule has 1 saturated heterocycles. The van der Waals surface area contributed by atoms with Crippen LogP contribution in [0.2, 0.25) is 0 Å². The lowest BCUT2D eigenvalue weighted by atomic mass is 10.1. The van der Waals surface area contributed by atoms with Gasteiger partial charge in [0, 0.05) is 33.7 Å². The molecular formula is C31H55N5O3. The van der Waals surface area contributed by atoms with Crippen molar-refractivity contribution >= 4 is 11.2 Å². The standard InChI is InChI=1S/C31H55N5O3/c1-4-5-6-7-8-9-10-13-16-19-22-35-24-27(39-26-35)21-18-15-12-11-14-17-20-23-36-30(37)28-29(32-25-33(28)2)34(3)31(36)38/h25,27H,4-24,26H2,1-3H3. The van der Waals surface area contributed by atoms with Gasteiger partial charge in [-0.1, -0.05) is 103 Å². The zero-order chi connectivity index (χ0) is 27.9. The lowest BCUT2D eigenvalue weighted by Gasteiger charge is -2.13. The fourth-order valence-electron chi connectivity index (χ4n) is 5.88. The molecule has 3 heterocycles. The maximum Gasteiger partial charge on any atom is 0.332 e. The highest BCUT2D eigenvalue weighted by Gasteiger charge is 2.22. The van der Waals surface area contributed by atoms with Gasteiger partial charge in [0.1, 0.15) is 0 Å². The van der Waals surface area contributed by atoms with Crippen molar-refractivity contribution < 1.29 is 4.74 Å². The first-order valence-corrected chi connectivity index (χ1v) is 16.0. The molecule has 1 unspecified atom stereocenters. The summed E-state index contributed by atoms with van der Waals surface area (Å²) in [6, 6.07) is 0. The van der Waals surface area contributed by atoms with E-state index in [1.807, 2.05) is 0 Å². The minimum atomic E-state index is -0.276. The van der Waals surface area contributed by atoms with Crippen LogP contribution in [0.5, 0.6) is 0 Å². The monoisotopic (exact) mass is 545 g/mol. The molecule has 1 aliphatic rings. The predicted molar refractivity (Wildman–Crippen MR) is 160 cm³/mol. The number of hydrogen-bond donors (Lipinski definition) is 0. The molecule has 3 rings (SSSR count). The Kier molecular flexibility index (Phi) is 14.3. The second-order valence-electron chi connectivity index (χ2n) is 11.8. The van der Waals surface area contributed by atoms with Gasteiger partial charge >= 0.3 is 5.69 Å². The van der Waals surface area contributed by atoms with Gasteiger partial charge in [0.05, 0.1) is 19.2 Å². The van der Waals surface area contributed by atoms with E-state index >= 15 is 0 Å². The average Bonchev–Trinajstić information content (AvgIpc) is 3.55. The molecule has 39 heavy (non-hydrogen) atoms. The molecule has 8 nitrogen and oxygen atoms in total. The van der Waals surface area contributed by atoms with Crippen LogP contribution < -0.4 is 11.2 Å². The number of nitrogens with zero attached hydrogens (tertiary/aromatic N) is 5. The minimum Gasteiger partial charge on any atom is -0.362 e. The number of hydrogen-bond acceptors (Lipinski definition) is 5. The van der Waals surface area contributed by atoms with Crippen LogP contribution in [-0.4, -0.2) is 49.5 Å². The van der Waals surface area contributed by atoms with Crippen molar-refractivity contribution in [3.63, 3.8) is 0 Å². The molecule has 0 N–H and O–H groups in total. The van der Waals surface area contributed by atoms with Crippen LogP contribution in [0.3, 0.4) is 0 Å². The largest absolute Gasteiger partial charge is 0.362 e. The van der Waals surface area contributed by atoms with Gasteiger partial charge in [-0.2, -0.15) is 0 Å². The van der Waals surface area contributed by atoms with Gasteiger partial charge in [0.25, 0.3) is 5.56 Å². The molecule has 0 radical (unpaired) electrons. The molecule has 0 aromatic carbocycles. The SMILES string of the molecule is CCCCCCCCCCCCN1COC(CCCCCCCCCn2c(=O)c3c(ncn3C)n(C)c2=O)C1. The van der Waals surface area contributed by atoms with Crippen molar-refractivity contribution in [2.75, 3.05) is 19.8 Å². The van der Waals surface area contributed by atoms with Crippen molar-refractivity contribution in [2.24, 2.45) is 14.1 Å². The summed E-state index contributed by atoms with van der Waals surface area (Å²) in [4.78, 5) is 32.0. The van der Waals surface area contributed by atoms with E-state index in [-0.39, 0.29) is 11.2 Å². The Labute approximate surface area is 235 Å². The fraction of sp³-hybridized carbons (Fsp3) is 0.839. The Morgan fingerprint density at radius 2 is 1.36 bits per heavy atom. The van der Waals surface area contributed by atoms with E-state index in [9.17, 15) is 9.59 Å². The van der Waals surface area contributed by atoms with Crippen molar-refractivity contribution in [3.8, 4) is 0 Å². The third kappa shape index (κ3) is 10.2. The van der Waals surface area contributed by atoms with Gasteiger partial charge in [0.2, 0.25) is 0 Å². The van der Waals surface area contributed by atoms with Gasteiger partial charge < -0.3 is 9.30 Å². The normalized spacial score (nSPS) is 16.1. The number of aromatic nitrogens is 4. The Bertz CT molecular complexity index is 1070. The van der Waals surface area contributed by atoms with Crippen LogP contribution in [0.4, 0.5) is 0 Å². The molecule has 0 saturated carbocycles. The van der Waals surface area contributed by atoms with Crippen LogP contribution in [-0.2, 0) is 25.4 Å². The lowest BCUT2D eigenvalue weighted by molar-refractivity contribution is 0.0830.